The third kappa shape index (κ3) is 2.16. The summed E-state index contributed by atoms with van der Waals surface area (Å²) in [5, 5.41) is 27.5. The van der Waals surface area contributed by atoms with Crippen molar-refractivity contribution in [2.45, 2.75) is 28.5 Å². The van der Waals surface area contributed by atoms with Crippen LogP contribution in [0, 0.1) is 0 Å². The van der Waals surface area contributed by atoms with E-state index in [1.54, 1.807) is 0 Å². The van der Waals surface area contributed by atoms with Gasteiger partial charge in [0.15, 0.2) is 12.4 Å². The molecular weight excluding hydrogens is 307 g/mol. The van der Waals surface area contributed by atoms with Gasteiger partial charge in [-0.2, -0.15) is 0 Å². The van der Waals surface area contributed by atoms with Crippen LogP contribution in [0.5, 0.6) is 0 Å². The maximum atomic E-state index is 10.6. The molecule has 1 heterocycles. The molecule has 0 spiro atoms. The van der Waals surface area contributed by atoms with Crippen molar-refractivity contribution >= 4 is 28.6 Å². The predicted octanol–water partition coefficient (Wildman–Crippen LogP) is -1.03. The Labute approximate surface area is 94.0 Å². The quantitative estimate of drug-likeness (QED) is 0.445. The predicted molar refractivity (Wildman–Crippen MR) is 53.1 cm³/mol. The van der Waals surface area contributed by atoms with E-state index < -0.39 is 34.5 Å². The molecule has 1 aliphatic rings. The topological polar surface area (TPSA) is 96.2 Å². The Morgan fingerprint density at radius 2 is 2.00 bits per heavy atom. The molecule has 0 aromatic carbocycles. The fourth-order valence-electron chi connectivity index (χ4n) is 1.22. The highest BCUT2D eigenvalue weighted by molar-refractivity contribution is 14.1. The number of hydrogen-bond donors (Lipinski definition) is 3. The van der Waals surface area contributed by atoms with Gasteiger partial charge in [-0.25, -0.2) is 4.79 Å². The van der Waals surface area contributed by atoms with Crippen molar-refractivity contribution < 1.29 is 29.6 Å². The second-order valence-electron chi connectivity index (χ2n) is 2.92. The van der Waals surface area contributed by atoms with Crippen molar-refractivity contribution in [2.24, 2.45) is 0 Å². The molecule has 3 N–H and O–H groups in total. The highest BCUT2D eigenvalue weighted by Crippen LogP contribution is 2.27. The molecule has 1 rings (SSSR count). The number of carboxylic acids is 1. The van der Waals surface area contributed by atoms with Gasteiger partial charge in [-0.15, -0.1) is 0 Å². The minimum Gasteiger partial charge on any atom is -0.479 e. The molecule has 5 unspecified atom stereocenters. The smallest absolute Gasteiger partial charge is 0.335 e. The molecule has 5 atom stereocenters. The van der Waals surface area contributed by atoms with Crippen molar-refractivity contribution in [3.63, 3.8) is 0 Å². The van der Waals surface area contributed by atoms with Crippen LogP contribution >= 0.6 is 22.6 Å². The van der Waals surface area contributed by atoms with E-state index in [1.807, 2.05) is 22.6 Å². The monoisotopic (exact) mass is 318 g/mol. The summed E-state index contributed by atoms with van der Waals surface area (Å²) in [5.41, 5.74) is 0. The Bertz CT molecular complexity index is 220. The maximum absolute atomic E-state index is 10.6. The Hall–Kier alpha value is 0.0400. The largest absolute Gasteiger partial charge is 0.479 e. The molecule has 0 bridgehead atoms. The van der Waals surface area contributed by atoms with Crippen LogP contribution in [-0.2, 0) is 14.3 Å². The number of aliphatic carboxylic acids is 1. The van der Waals surface area contributed by atoms with Crippen molar-refractivity contribution in [3.8, 4) is 0 Å². The second kappa shape index (κ2) is 4.71. The number of ether oxygens (including phenoxy) is 2. The van der Waals surface area contributed by atoms with E-state index in [2.05, 4.69) is 0 Å². The first-order chi connectivity index (χ1) is 6.49. The van der Waals surface area contributed by atoms with Crippen LogP contribution in [-0.4, -0.2) is 56.9 Å². The van der Waals surface area contributed by atoms with Crippen molar-refractivity contribution in [1.29, 1.82) is 0 Å². The lowest BCUT2D eigenvalue weighted by atomic mass is 10.0. The van der Waals surface area contributed by atoms with Gasteiger partial charge in [0.05, 0.1) is 10.0 Å². The number of methoxy groups -OCH3 is 1. The fraction of sp³-hybridized carbons (Fsp3) is 0.857. The second-order valence-corrected chi connectivity index (χ2v) is 4.36. The number of carbonyl (C=O) groups is 1. The number of rotatable bonds is 2. The summed E-state index contributed by atoms with van der Waals surface area (Å²) in [6.45, 7) is 0. The van der Waals surface area contributed by atoms with Gasteiger partial charge in [0.2, 0.25) is 0 Å². The number of aliphatic hydroxyl groups excluding tert-OH is 2. The summed E-state index contributed by atoms with van der Waals surface area (Å²) in [6.07, 6.45) is -4.87. The Morgan fingerprint density at radius 3 is 2.43 bits per heavy atom. The van der Waals surface area contributed by atoms with Crippen LogP contribution in [0.2, 0.25) is 0 Å². The minimum absolute atomic E-state index is 0.497. The molecule has 0 aromatic heterocycles. The van der Waals surface area contributed by atoms with E-state index in [4.69, 9.17) is 14.6 Å². The first kappa shape index (κ1) is 12.1. The van der Waals surface area contributed by atoms with Gasteiger partial charge in [0.25, 0.3) is 0 Å². The standard InChI is InChI=1S/C7H11IO6/c1-13-7-2(8)3(9)4(10)5(14-7)6(11)12/h2-5,7,9-10H,1H3,(H,11,12). The van der Waals surface area contributed by atoms with Crippen LogP contribution in [0.4, 0.5) is 0 Å². The van der Waals surface area contributed by atoms with Crippen molar-refractivity contribution in [2.75, 3.05) is 7.11 Å². The molecule has 0 aromatic rings. The van der Waals surface area contributed by atoms with E-state index in [-0.39, 0.29) is 0 Å². The summed E-state index contributed by atoms with van der Waals surface area (Å²) in [7, 11) is 1.35. The molecule has 0 saturated carbocycles. The van der Waals surface area contributed by atoms with E-state index >= 15 is 0 Å². The zero-order valence-corrected chi connectivity index (χ0v) is 9.49. The molecule has 1 saturated heterocycles. The molecule has 0 aliphatic carbocycles. The molecule has 1 fully saturated rings. The Balaban J connectivity index is 2.78. The van der Waals surface area contributed by atoms with E-state index in [0.717, 1.165) is 0 Å². The van der Waals surface area contributed by atoms with Crippen molar-refractivity contribution in [1.82, 2.24) is 0 Å². The Morgan fingerprint density at radius 1 is 1.43 bits per heavy atom. The summed E-state index contributed by atoms with van der Waals surface area (Å²) in [5.74, 6) is -1.32. The average molecular weight is 318 g/mol. The first-order valence-electron chi connectivity index (χ1n) is 3.90. The third-order valence-electron chi connectivity index (χ3n) is 2.00. The van der Waals surface area contributed by atoms with Gasteiger partial charge in [-0.05, 0) is 0 Å². The van der Waals surface area contributed by atoms with Gasteiger partial charge < -0.3 is 24.8 Å². The average Bonchev–Trinajstić information content (AvgIpc) is 2.14. The molecule has 7 heteroatoms. The number of aliphatic hydroxyl groups is 2. The minimum atomic E-state index is -1.44. The molecule has 1 aliphatic heterocycles. The maximum Gasteiger partial charge on any atom is 0.335 e. The van der Waals surface area contributed by atoms with Gasteiger partial charge >= 0.3 is 5.97 Å². The lowest BCUT2D eigenvalue weighted by Crippen LogP contribution is -2.58. The number of alkyl halides is 1. The molecule has 0 amide bonds. The zero-order valence-electron chi connectivity index (χ0n) is 7.33. The molecule has 6 nitrogen and oxygen atoms in total. The van der Waals surface area contributed by atoms with Crippen LogP contribution in [0.25, 0.3) is 0 Å². The van der Waals surface area contributed by atoms with Crippen LogP contribution in [0.3, 0.4) is 0 Å². The molecule has 0 radical (unpaired) electrons. The number of halogens is 1. The van der Waals surface area contributed by atoms with Crippen LogP contribution < -0.4 is 0 Å². The zero-order chi connectivity index (χ0) is 10.9. The van der Waals surface area contributed by atoms with Gasteiger partial charge in [-0.3, -0.25) is 0 Å². The third-order valence-corrected chi connectivity index (χ3v) is 3.33. The number of carboxylic acid groups (broad SMARTS) is 1. The van der Waals surface area contributed by atoms with E-state index in [1.165, 1.54) is 7.11 Å². The summed E-state index contributed by atoms with van der Waals surface area (Å²) in [6, 6.07) is 0. The summed E-state index contributed by atoms with van der Waals surface area (Å²) < 4.78 is 9.29. The Kier molecular flexibility index (Phi) is 4.07. The van der Waals surface area contributed by atoms with Crippen LogP contribution in [0.1, 0.15) is 0 Å². The SMILES string of the molecule is COC1OC(C(=O)O)C(O)C(O)C1I. The first-order valence-corrected chi connectivity index (χ1v) is 5.15. The summed E-state index contributed by atoms with van der Waals surface area (Å²) in [4.78, 5) is 10.6. The van der Waals surface area contributed by atoms with Crippen molar-refractivity contribution in [3.05, 3.63) is 0 Å². The molecule has 14 heavy (non-hydrogen) atoms. The highest BCUT2D eigenvalue weighted by atomic mass is 127. The molecular formula is C7H11IO6. The fourth-order valence-corrected chi connectivity index (χ4v) is 2.11. The van der Waals surface area contributed by atoms with E-state index in [9.17, 15) is 15.0 Å². The number of hydrogen-bond acceptors (Lipinski definition) is 5. The molecule has 82 valence electrons. The lowest BCUT2D eigenvalue weighted by Gasteiger charge is -2.37. The summed E-state index contributed by atoms with van der Waals surface area (Å²) >= 11 is 1.84. The van der Waals surface area contributed by atoms with E-state index in [0.29, 0.717) is 0 Å². The van der Waals surface area contributed by atoms with Gasteiger partial charge in [0.1, 0.15) is 6.10 Å². The normalized spacial score (nSPS) is 43.6. The van der Waals surface area contributed by atoms with Crippen LogP contribution in [0.15, 0.2) is 0 Å². The highest BCUT2D eigenvalue weighted by Gasteiger charge is 2.46. The van der Waals surface area contributed by atoms with Gasteiger partial charge in [-0.1, -0.05) is 22.6 Å². The lowest BCUT2D eigenvalue weighted by molar-refractivity contribution is -0.238. The van der Waals surface area contributed by atoms with Gasteiger partial charge in [0, 0.05) is 7.11 Å².